The molecule has 166 valence electrons. The zero-order valence-electron chi connectivity index (χ0n) is 18.1. The Morgan fingerprint density at radius 3 is 2.53 bits per heavy atom. The van der Waals surface area contributed by atoms with Crippen LogP contribution in [0, 0.1) is 5.82 Å². The highest BCUT2D eigenvalue weighted by Gasteiger charge is 2.42. The number of ether oxygens (including phenoxy) is 1. The first-order chi connectivity index (χ1) is 15.3. The number of esters is 1. The second-order valence-electron chi connectivity index (χ2n) is 7.99. The number of nitrogens with zero attached hydrogens (tertiary/aromatic N) is 2. The molecule has 1 atom stereocenters. The molecule has 3 aromatic rings. The monoisotopic (exact) mass is 438 g/mol. The maximum Gasteiger partial charge on any atom is 0.337 e. The number of halogens is 1. The second-order valence-corrected chi connectivity index (χ2v) is 7.99. The maximum atomic E-state index is 13.8. The molecule has 0 radical (unpaired) electrons. The fourth-order valence-electron chi connectivity index (χ4n) is 4.05. The van der Waals surface area contributed by atoms with E-state index in [1.54, 1.807) is 29.2 Å². The quantitative estimate of drug-likeness (QED) is 0.550. The summed E-state index contributed by atoms with van der Waals surface area (Å²) in [6, 6.07) is 9.52. The highest BCUT2D eigenvalue weighted by molar-refractivity contribution is 5.99. The number of benzene rings is 2. The number of rotatable bonds is 6. The SMILES string of the molecule is COC(=O)c1ccc(C2c3c(oc4ccc(F)cc4c3=O)C(=O)N2CCCN(C)C)cc1. The van der Waals surface area contributed by atoms with E-state index in [0.29, 0.717) is 24.1 Å². The molecular formula is C24H23FN2O5. The number of fused-ring (bicyclic) bond motifs is 2. The van der Waals surface area contributed by atoms with E-state index in [2.05, 4.69) is 0 Å². The van der Waals surface area contributed by atoms with Crippen molar-refractivity contribution >= 4 is 22.8 Å². The van der Waals surface area contributed by atoms with Gasteiger partial charge in [-0.05, 0) is 63.0 Å². The third kappa shape index (κ3) is 3.78. The number of carbonyl (C=O) groups excluding carboxylic acids is 2. The van der Waals surface area contributed by atoms with Gasteiger partial charge in [0, 0.05) is 6.54 Å². The van der Waals surface area contributed by atoms with Gasteiger partial charge in [-0.15, -0.1) is 0 Å². The zero-order chi connectivity index (χ0) is 23.0. The first-order valence-corrected chi connectivity index (χ1v) is 10.2. The lowest BCUT2D eigenvalue weighted by Gasteiger charge is -2.25. The molecule has 1 unspecified atom stereocenters. The summed E-state index contributed by atoms with van der Waals surface area (Å²) in [5.41, 5.74) is 0.915. The average molecular weight is 438 g/mol. The van der Waals surface area contributed by atoms with E-state index >= 15 is 0 Å². The number of hydrogen-bond donors (Lipinski definition) is 0. The third-order valence-corrected chi connectivity index (χ3v) is 5.58. The van der Waals surface area contributed by atoms with Gasteiger partial charge in [-0.3, -0.25) is 9.59 Å². The Balaban J connectivity index is 1.85. The Hall–Kier alpha value is -3.52. The van der Waals surface area contributed by atoms with Gasteiger partial charge in [0.25, 0.3) is 5.91 Å². The molecule has 1 aliphatic rings. The van der Waals surface area contributed by atoms with Crippen molar-refractivity contribution in [1.29, 1.82) is 0 Å². The number of hydrogen-bond acceptors (Lipinski definition) is 6. The standard InChI is InChI=1S/C24H23FN2O5/c1-26(2)11-4-12-27-20(14-5-7-15(8-6-14)24(30)31-3)19-21(28)17-13-16(25)9-10-18(17)32-22(19)23(27)29/h5-10,13,20H,4,11-12H2,1-3H3. The van der Waals surface area contributed by atoms with Gasteiger partial charge < -0.3 is 19.0 Å². The van der Waals surface area contributed by atoms with Gasteiger partial charge in [-0.2, -0.15) is 0 Å². The van der Waals surface area contributed by atoms with Crippen molar-refractivity contribution < 1.29 is 23.1 Å². The summed E-state index contributed by atoms with van der Waals surface area (Å²) in [5.74, 6) is -1.45. The van der Waals surface area contributed by atoms with Crippen LogP contribution in [0.5, 0.6) is 0 Å². The van der Waals surface area contributed by atoms with Crippen LogP contribution in [0.15, 0.2) is 51.7 Å². The van der Waals surface area contributed by atoms with Gasteiger partial charge in [0.2, 0.25) is 5.76 Å². The third-order valence-electron chi connectivity index (χ3n) is 5.58. The Morgan fingerprint density at radius 2 is 1.88 bits per heavy atom. The molecule has 2 heterocycles. The Morgan fingerprint density at radius 1 is 1.16 bits per heavy atom. The van der Waals surface area contributed by atoms with Crippen LogP contribution in [-0.4, -0.2) is 56.0 Å². The van der Waals surface area contributed by atoms with E-state index in [9.17, 15) is 18.8 Å². The molecule has 0 N–H and O–H groups in total. The minimum Gasteiger partial charge on any atom is -0.465 e. The van der Waals surface area contributed by atoms with Crippen molar-refractivity contribution in [2.45, 2.75) is 12.5 Å². The number of amides is 1. The molecule has 0 saturated heterocycles. The number of carbonyl (C=O) groups is 2. The smallest absolute Gasteiger partial charge is 0.337 e. The normalized spacial score (nSPS) is 15.5. The maximum absolute atomic E-state index is 13.8. The van der Waals surface area contributed by atoms with Crippen LogP contribution < -0.4 is 5.43 Å². The predicted molar refractivity (Wildman–Crippen MR) is 116 cm³/mol. The molecule has 1 aliphatic heterocycles. The summed E-state index contributed by atoms with van der Waals surface area (Å²) >= 11 is 0. The average Bonchev–Trinajstić information content (AvgIpc) is 3.06. The van der Waals surface area contributed by atoms with Crippen molar-refractivity contribution in [2.75, 3.05) is 34.3 Å². The van der Waals surface area contributed by atoms with Gasteiger partial charge in [0.05, 0.1) is 29.7 Å². The number of methoxy groups -OCH3 is 1. The second kappa shape index (κ2) is 8.55. The lowest BCUT2D eigenvalue weighted by molar-refractivity contribution is 0.0600. The van der Waals surface area contributed by atoms with Crippen LogP contribution in [0.3, 0.4) is 0 Å². The van der Waals surface area contributed by atoms with Crippen molar-refractivity contribution in [3.63, 3.8) is 0 Å². The van der Waals surface area contributed by atoms with Crippen LogP contribution in [0.4, 0.5) is 4.39 Å². The van der Waals surface area contributed by atoms with Crippen LogP contribution in [0.25, 0.3) is 11.0 Å². The van der Waals surface area contributed by atoms with E-state index in [1.165, 1.54) is 19.2 Å². The zero-order valence-corrected chi connectivity index (χ0v) is 18.1. The van der Waals surface area contributed by atoms with Gasteiger partial charge in [0.1, 0.15) is 11.4 Å². The minimum atomic E-state index is -0.699. The van der Waals surface area contributed by atoms with Gasteiger partial charge >= 0.3 is 5.97 Å². The van der Waals surface area contributed by atoms with Crippen LogP contribution >= 0.6 is 0 Å². The molecule has 4 rings (SSSR count). The first-order valence-electron chi connectivity index (χ1n) is 10.2. The fraction of sp³-hybridized carbons (Fsp3) is 0.292. The van der Waals surface area contributed by atoms with E-state index in [-0.39, 0.29) is 28.2 Å². The molecule has 8 heteroatoms. The van der Waals surface area contributed by atoms with Gasteiger partial charge in [-0.25, -0.2) is 9.18 Å². The molecule has 1 aromatic heterocycles. The van der Waals surface area contributed by atoms with Crippen LogP contribution in [-0.2, 0) is 4.74 Å². The summed E-state index contributed by atoms with van der Waals surface area (Å²) in [5, 5.41) is 0.0860. The van der Waals surface area contributed by atoms with Crippen molar-refractivity contribution in [1.82, 2.24) is 9.80 Å². The van der Waals surface area contributed by atoms with E-state index in [4.69, 9.17) is 9.15 Å². The Kier molecular flexibility index (Phi) is 5.80. The minimum absolute atomic E-state index is 0.0268. The summed E-state index contributed by atoms with van der Waals surface area (Å²) in [7, 11) is 5.18. The van der Waals surface area contributed by atoms with Gasteiger partial charge in [-0.1, -0.05) is 12.1 Å². The highest BCUT2D eigenvalue weighted by atomic mass is 19.1. The molecule has 0 bridgehead atoms. The summed E-state index contributed by atoms with van der Waals surface area (Å²) < 4.78 is 24.4. The largest absolute Gasteiger partial charge is 0.465 e. The molecule has 0 fully saturated rings. The predicted octanol–water partition coefficient (Wildman–Crippen LogP) is 3.22. The first kappa shape index (κ1) is 21.7. The Bertz CT molecular complexity index is 1250. The highest BCUT2D eigenvalue weighted by Crippen LogP contribution is 2.38. The van der Waals surface area contributed by atoms with Crippen molar-refractivity contribution in [3.05, 3.63) is 81.0 Å². The molecule has 0 aliphatic carbocycles. The summed E-state index contributed by atoms with van der Waals surface area (Å²) in [6.07, 6.45) is 0.686. The van der Waals surface area contributed by atoms with Crippen LogP contribution in [0.1, 0.15) is 44.5 Å². The van der Waals surface area contributed by atoms with Crippen molar-refractivity contribution in [2.24, 2.45) is 0 Å². The lowest BCUT2D eigenvalue weighted by atomic mass is 9.97. The Labute approximate surface area is 184 Å². The molecule has 7 nitrogen and oxygen atoms in total. The molecule has 0 saturated carbocycles. The molecule has 32 heavy (non-hydrogen) atoms. The van der Waals surface area contributed by atoms with E-state index in [0.717, 1.165) is 12.6 Å². The fourth-order valence-corrected chi connectivity index (χ4v) is 4.05. The lowest BCUT2D eigenvalue weighted by Crippen LogP contribution is -2.32. The molecule has 2 aromatic carbocycles. The molecule has 1 amide bonds. The molecule has 0 spiro atoms. The van der Waals surface area contributed by atoms with E-state index in [1.807, 2.05) is 19.0 Å². The van der Waals surface area contributed by atoms with Gasteiger partial charge in [0.15, 0.2) is 5.43 Å². The summed E-state index contributed by atoms with van der Waals surface area (Å²) in [6.45, 7) is 1.15. The molecular weight excluding hydrogens is 415 g/mol. The van der Waals surface area contributed by atoms with Crippen molar-refractivity contribution in [3.8, 4) is 0 Å². The summed E-state index contributed by atoms with van der Waals surface area (Å²) in [4.78, 5) is 42.0. The van der Waals surface area contributed by atoms with E-state index < -0.39 is 23.3 Å². The topological polar surface area (TPSA) is 80.1 Å². The van der Waals surface area contributed by atoms with Crippen LogP contribution in [0.2, 0.25) is 0 Å².